The molecule has 0 bridgehead atoms. The lowest BCUT2D eigenvalue weighted by Gasteiger charge is -2.04. The molecule has 3 aromatic rings. The predicted molar refractivity (Wildman–Crippen MR) is 92.1 cm³/mol. The first kappa shape index (κ1) is 15.9. The number of para-hydroxylation sites is 1. The Labute approximate surface area is 144 Å². The van der Waals surface area contributed by atoms with Gasteiger partial charge in [0.15, 0.2) is 10.8 Å². The van der Waals surface area contributed by atoms with E-state index in [1.54, 1.807) is 12.1 Å². The van der Waals surface area contributed by atoms with Gasteiger partial charge in [0, 0.05) is 4.47 Å². The molecule has 0 spiro atoms. The fraction of sp³-hybridized carbons (Fsp3) is 0.133. The summed E-state index contributed by atoms with van der Waals surface area (Å²) in [5, 5.41) is 3.12. The van der Waals surface area contributed by atoms with Crippen LogP contribution in [0.15, 0.2) is 40.0 Å². The van der Waals surface area contributed by atoms with Gasteiger partial charge in [0.2, 0.25) is 5.91 Å². The summed E-state index contributed by atoms with van der Waals surface area (Å²) in [5.74, 6) is -0.640. The maximum atomic E-state index is 13.5. The van der Waals surface area contributed by atoms with E-state index in [2.05, 4.69) is 36.2 Å². The molecule has 2 aromatic heterocycles. The van der Waals surface area contributed by atoms with Crippen molar-refractivity contribution in [3.05, 3.63) is 46.3 Å². The van der Waals surface area contributed by atoms with Gasteiger partial charge in [-0.2, -0.15) is 0 Å². The van der Waals surface area contributed by atoms with Crippen LogP contribution < -0.4 is 5.32 Å². The second kappa shape index (κ2) is 6.67. The van der Waals surface area contributed by atoms with Crippen LogP contribution in [0.1, 0.15) is 5.69 Å². The zero-order valence-electron chi connectivity index (χ0n) is 12.1. The Kier molecular flexibility index (Phi) is 4.63. The van der Waals surface area contributed by atoms with Crippen molar-refractivity contribution in [2.75, 3.05) is 11.1 Å². The summed E-state index contributed by atoms with van der Waals surface area (Å²) < 4.78 is 14.4. The molecule has 0 aliphatic heterocycles. The number of carbonyl (C=O) groups is 1. The van der Waals surface area contributed by atoms with E-state index in [-0.39, 0.29) is 17.3 Å². The number of benzene rings is 1. The number of pyridine rings is 1. The summed E-state index contributed by atoms with van der Waals surface area (Å²) in [6.07, 6.45) is 0. The third-order valence-electron chi connectivity index (χ3n) is 3.07. The molecule has 23 heavy (non-hydrogen) atoms. The molecule has 2 heterocycles. The molecule has 8 heteroatoms. The zero-order valence-corrected chi connectivity index (χ0v) is 14.5. The van der Waals surface area contributed by atoms with Crippen molar-refractivity contribution < 1.29 is 9.18 Å². The molecule has 1 aromatic carbocycles. The second-order valence-electron chi connectivity index (χ2n) is 4.79. The lowest BCUT2D eigenvalue weighted by Crippen LogP contribution is -2.15. The molecule has 5 nitrogen and oxygen atoms in total. The van der Waals surface area contributed by atoms with E-state index in [4.69, 9.17) is 0 Å². The maximum Gasteiger partial charge on any atom is 0.234 e. The van der Waals surface area contributed by atoms with Gasteiger partial charge in [0.1, 0.15) is 5.82 Å². The number of carbonyl (C=O) groups excluding carboxylic acids is 1. The lowest BCUT2D eigenvalue weighted by molar-refractivity contribution is -0.113. The number of imidazole rings is 1. The average Bonchev–Trinajstić information content (AvgIpc) is 2.90. The Morgan fingerprint density at radius 3 is 2.96 bits per heavy atom. The van der Waals surface area contributed by atoms with Crippen molar-refractivity contribution in [3.63, 3.8) is 0 Å². The number of H-pyrrole nitrogens is 1. The van der Waals surface area contributed by atoms with Crippen LogP contribution in [0.5, 0.6) is 0 Å². The summed E-state index contributed by atoms with van der Waals surface area (Å²) >= 11 is 4.65. The van der Waals surface area contributed by atoms with Gasteiger partial charge >= 0.3 is 0 Å². The molecule has 2 N–H and O–H groups in total. The molecule has 3 rings (SSSR count). The number of nitrogens with one attached hydrogen (secondary N) is 2. The van der Waals surface area contributed by atoms with Crippen LogP contribution in [0.3, 0.4) is 0 Å². The van der Waals surface area contributed by atoms with Gasteiger partial charge in [-0.3, -0.25) is 4.79 Å². The number of aromatic amines is 1. The number of aryl methyl sites for hydroxylation is 1. The number of hydrogen-bond donors (Lipinski definition) is 2. The molecular formula is C15H12BrFN4OS. The molecule has 0 radical (unpaired) electrons. The number of halogens is 2. The van der Waals surface area contributed by atoms with Gasteiger partial charge in [-0.05, 0) is 41.1 Å². The number of hydrogen-bond acceptors (Lipinski definition) is 4. The van der Waals surface area contributed by atoms with Crippen LogP contribution in [-0.2, 0) is 4.79 Å². The topological polar surface area (TPSA) is 70.7 Å². The summed E-state index contributed by atoms with van der Waals surface area (Å²) in [4.78, 5) is 23.7. The quantitative estimate of drug-likeness (QED) is 0.658. The molecule has 1 amide bonds. The monoisotopic (exact) mass is 394 g/mol. The Morgan fingerprint density at radius 2 is 2.17 bits per heavy atom. The minimum atomic E-state index is -0.459. The van der Waals surface area contributed by atoms with Crippen LogP contribution in [0.25, 0.3) is 11.2 Å². The largest absolute Gasteiger partial charge is 0.331 e. The van der Waals surface area contributed by atoms with Gasteiger partial charge in [0.25, 0.3) is 0 Å². The highest BCUT2D eigenvalue weighted by molar-refractivity contribution is 9.10. The number of anilines is 1. The fourth-order valence-corrected chi connectivity index (χ4v) is 2.93. The Balaban J connectivity index is 1.66. The highest BCUT2D eigenvalue weighted by Gasteiger charge is 2.11. The third-order valence-corrected chi connectivity index (χ3v) is 4.74. The standard InChI is InChI=1S/C15H12BrFN4OS/c1-8-9(16)6-12-14(18-8)21-15(20-12)23-7-13(22)19-11-5-3-2-4-10(11)17/h2-6H,7H2,1H3,(H,19,22)(H,18,20,21). The summed E-state index contributed by atoms with van der Waals surface area (Å²) in [5.41, 5.74) is 2.41. The Bertz CT molecular complexity index is 844. The number of rotatable bonds is 4. The first-order valence-electron chi connectivity index (χ1n) is 6.73. The number of amides is 1. The average molecular weight is 395 g/mol. The summed E-state index contributed by atoms with van der Waals surface area (Å²) in [7, 11) is 0. The lowest BCUT2D eigenvalue weighted by atomic mass is 10.3. The van der Waals surface area contributed by atoms with Crippen molar-refractivity contribution in [1.29, 1.82) is 0 Å². The molecule has 0 unspecified atom stereocenters. The molecule has 0 atom stereocenters. The van der Waals surface area contributed by atoms with Crippen molar-refractivity contribution in [2.45, 2.75) is 12.1 Å². The SMILES string of the molecule is Cc1nc2nc(SCC(=O)Nc3ccccc3F)[nH]c2cc1Br. The highest BCUT2D eigenvalue weighted by Crippen LogP contribution is 2.23. The van der Waals surface area contributed by atoms with E-state index in [1.165, 1.54) is 23.9 Å². The Hall–Kier alpha value is -1.93. The normalized spacial score (nSPS) is 10.9. The van der Waals surface area contributed by atoms with Crippen molar-refractivity contribution >= 4 is 50.5 Å². The highest BCUT2D eigenvalue weighted by atomic mass is 79.9. The van der Waals surface area contributed by atoms with Crippen LogP contribution in [-0.4, -0.2) is 26.6 Å². The van der Waals surface area contributed by atoms with Crippen LogP contribution in [0, 0.1) is 12.7 Å². The van der Waals surface area contributed by atoms with E-state index in [1.807, 2.05) is 13.0 Å². The number of nitrogens with zero attached hydrogens (tertiary/aromatic N) is 2. The number of aromatic nitrogens is 3. The van der Waals surface area contributed by atoms with E-state index in [9.17, 15) is 9.18 Å². The minimum absolute atomic E-state index is 0.119. The third kappa shape index (κ3) is 3.70. The van der Waals surface area contributed by atoms with E-state index >= 15 is 0 Å². The molecule has 0 fully saturated rings. The van der Waals surface area contributed by atoms with Gasteiger partial charge in [-0.15, -0.1) is 0 Å². The van der Waals surface area contributed by atoms with Crippen LogP contribution in [0.4, 0.5) is 10.1 Å². The summed E-state index contributed by atoms with van der Waals surface area (Å²) in [6.45, 7) is 1.88. The first-order chi connectivity index (χ1) is 11.0. The maximum absolute atomic E-state index is 13.5. The zero-order chi connectivity index (χ0) is 16.4. The summed E-state index contributed by atoms with van der Waals surface area (Å²) in [6, 6.07) is 7.95. The number of fused-ring (bicyclic) bond motifs is 1. The van der Waals surface area contributed by atoms with E-state index < -0.39 is 5.82 Å². The van der Waals surface area contributed by atoms with Gasteiger partial charge in [0.05, 0.1) is 22.7 Å². The van der Waals surface area contributed by atoms with Crippen molar-refractivity contribution in [2.24, 2.45) is 0 Å². The molecule has 0 saturated heterocycles. The van der Waals surface area contributed by atoms with E-state index in [0.717, 1.165) is 15.7 Å². The van der Waals surface area contributed by atoms with Gasteiger partial charge in [-0.25, -0.2) is 14.4 Å². The second-order valence-corrected chi connectivity index (χ2v) is 6.60. The smallest absolute Gasteiger partial charge is 0.234 e. The number of thioether (sulfide) groups is 1. The van der Waals surface area contributed by atoms with Gasteiger partial charge in [-0.1, -0.05) is 23.9 Å². The van der Waals surface area contributed by atoms with Crippen LogP contribution in [0.2, 0.25) is 0 Å². The minimum Gasteiger partial charge on any atom is -0.331 e. The van der Waals surface area contributed by atoms with Crippen LogP contribution >= 0.6 is 27.7 Å². The molecule has 118 valence electrons. The van der Waals surface area contributed by atoms with Crippen molar-refractivity contribution in [3.8, 4) is 0 Å². The molecule has 0 aliphatic carbocycles. The van der Waals surface area contributed by atoms with E-state index in [0.29, 0.717) is 10.8 Å². The molecular weight excluding hydrogens is 383 g/mol. The molecule has 0 saturated carbocycles. The van der Waals surface area contributed by atoms with Gasteiger partial charge < -0.3 is 10.3 Å². The van der Waals surface area contributed by atoms with Crippen molar-refractivity contribution in [1.82, 2.24) is 15.0 Å². The molecule has 0 aliphatic rings. The fourth-order valence-electron chi connectivity index (χ4n) is 1.94. The first-order valence-corrected chi connectivity index (χ1v) is 8.51. The Morgan fingerprint density at radius 1 is 1.39 bits per heavy atom. The predicted octanol–water partition coefficient (Wildman–Crippen LogP) is 3.90.